The second-order valence-corrected chi connectivity index (χ2v) is 10.2. The molecule has 0 amide bonds. The molecule has 0 aromatic heterocycles. The van der Waals surface area contributed by atoms with Gasteiger partial charge >= 0.3 is 0 Å². The molecule has 0 spiro atoms. The van der Waals surface area contributed by atoms with E-state index in [2.05, 4.69) is 45.0 Å². The molecule has 0 aliphatic heterocycles. The molecule has 0 radical (unpaired) electrons. The van der Waals surface area contributed by atoms with Crippen molar-refractivity contribution in [2.24, 2.45) is 0 Å². The Morgan fingerprint density at radius 1 is 0.769 bits per heavy atom. The molecule has 1 rings (SSSR count). The number of benzene rings is 1. The van der Waals surface area contributed by atoms with E-state index < -0.39 is 0 Å². The van der Waals surface area contributed by atoms with Crippen molar-refractivity contribution >= 4 is 34.8 Å². The molecule has 0 fully saturated rings. The number of hydrogen-bond acceptors (Lipinski definition) is 2. The van der Waals surface area contributed by atoms with Gasteiger partial charge in [0.2, 0.25) is 0 Å². The van der Waals surface area contributed by atoms with E-state index in [0.717, 1.165) is 12.4 Å². The molecule has 26 heavy (non-hydrogen) atoms. The van der Waals surface area contributed by atoms with Gasteiger partial charge in [-0.15, -0.1) is 0 Å². The molecule has 150 valence electrons. The molecule has 0 aliphatic rings. The van der Waals surface area contributed by atoms with Gasteiger partial charge in [0, 0.05) is 5.75 Å². The number of aryl methyl sites for hydroxylation is 1. The molecular formula is C23H39IOS. The Morgan fingerprint density at radius 2 is 1.31 bits per heavy atom. The van der Waals surface area contributed by atoms with E-state index in [-0.39, 0.29) is 5.41 Å². The van der Waals surface area contributed by atoms with Gasteiger partial charge in [-0.3, -0.25) is 0 Å². The van der Waals surface area contributed by atoms with E-state index in [1.807, 2.05) is 34.8 Å². The average molecular weight is 491 g/mol. The zero-order valence-corrected chi connectivity index (χ0v) is 20.2. The van der Waals surface area contributed by atoms with Gasteiger partial charge in [-0.2, -0.15) is 11.8 Å². The fraction of sp³-hybridized carbons (Fsp3) is 0.739. The fourth-order valence-electron chi connectivity index (χ4n) is 3.13. The van der Waals surface area contributed by atoms with Crippen LogP contribution in [0.5, 0.6) is 0 Å². The highest BCUT2D eigenvalue weighted by Crippen LogP contribution is 2.22. The van der Waals surface area contributed by atoms with E-state index in [9.17, 15) is 0 Å². The highest BCUT2D eigenvalue weighted by atomic mass is 127. The summed E-state index contributed by atoms with van der Waals surface area (Å²) in [5.74, 6) is 2.44. The van der Waals surface area contributed by atoms with Crippen LogP contribution >= 0.6 is 34.8 Å². The molecule has 0 unspecified atom stereocenters. The number of thioether (sulfide) groups is 1. The van der Waals surface area contributed by atoms with Crippen molar-refractivity contribution in [3.05, 3.63) is 35.4 Å². The molecule has 1 nitrogen and oxygen atoms in total. The van der Waals surface area contributed by atoms with Gasteiger partial charge in [0.25, 0.3) is 0 Å². The first-order valence-electron chi connectivity index (χ1n) is 10.4. The van der Waals surface area contributed by atoms with Crippen LogP contribution in [0.3, 0.4) is 0 Å². The quantitative estimate of drug-likeness (QED) is 0.181. The molecule has 0 saturated carbocycles. The van der Waals surface area contributed by atoms with Gasteiger partial charge < -0.3 is 3.07 Å². The average Bonchev–Trinajstić information content (AvgIpc) is 2.61. The molecular weight excluding hydrogens is 451 g/mol. The van der Waals surface area contributed by atoms with Gasteiger partial charge in [0.1, 0.15) is 23.0 Å². The van der Waals surface area contributed by atoms with Crippen molar-refractivity contribution in [1.29, 1.82) is 0 Å². The second-order valence-electron chi connectivity index (χ2n) is 8.30. The van der Waals surface area contributed by atoms with Gasteiger partial charge in [-0.25, -0.2) is 0 Å². The molecule has 0 saturated heterocycles. The maximum absolute atomic E-state index is 5.03. The van der Waals surface area contributed by atoms with Crippen molar-refractivity contribution in [3.8, 4) is 0 Å². The first-order valence-corrected chi connectivity index (χ1v) is 12.5. The highest BCUT2D eigenvalue weighted by molar-refractivity contribution is 14.1. The van der Waals surface area contributed by atoms with E-state index in [0.29, 0.717) is 0 Å². The Labute approximate surface area is 181 Å². The maximum Gasteiger partial charge on any atom is 0.109 e. The Hall–Kier alpha value is 0.260. The van der Waals surface area contributed by atoms with Gasteiger partial charge in [-0.05, 0) is 41.6 Å². The monoisotopic (exact) mass is 490 g/mol. The minimum atomic E-state index is 0.265. The number of halogens is 1. The van der Waals surface area contributed by atoms with Crippen LogP contribution < -0.4 is 0 Å². The summed E-state index contributed by atoms with van der Waals surface area (Å²) in [6.45, 7) is 7.73. The van der Waals surface area contributed by atoms with Crippen molar-refractivity contribution in [2.75, 3.05) is 18.1 Å². The van der Waals surface area contributed by atoms with E-state index >= 15 is 0 Å². The Kier molecular flexibility index (Phi) is 14.2. The summed E-state index contributed by atoms with van der Waals surface area (Å²) in [4.78, 5) is 0. The van der Waals surface area contributed by atoms with Crippen LogP contribution in [0.4, 0.5) is 0 Å². The summed E-state index contributed by atoms with van der Waals surface area (Å²) in [5.41, 5.74) is 3.21. The molecule has 0 heterocycles. The first kappa shape index (κ1) is 24.3. The topological polar surface area (TPSA) is 9.23 Å². The summed E-state index contributed by atoms with van der Waals surface area (Å²) in [6, 6.07) is 9.28. The zero-order valence-electron chi connectivity index (χ0n) is 17.2. The van der Waals surface area contributed by atoms with E-state index in [1.165, 1.54) is 81.1 Å². The summed E-state index contributed by atoms with van der Waals surface area (Å²) < 4.78 is 5.03. The summed E-state index contributed by atoms with van der Waals surface area (Å²) in [5, 5.41) is 0. The summed E-state index contributed by atoms with van der Waals surface area (Å²) >= 11 is 4.00. The Morgan fingerprint density at radius 3 is 1.85 bits per heavy atom. The normalized spacial score (nSPS) is 11.8. The Bertz CT molecular complexity index is 439. The van der Waals surface area contributed by atoms with Crippen LogP contribution in [-0.2, 0) is 14.9 Å². The largest absolute Gasteiger partial charge is 0.315 e. The molecule has 0 atom stereocenters. The lowest BCUT2D eigenvalue weighted by Gasteiger charge is -2.19. The minimum Gasteiger partial charge on any atom is -0.315 e. The predicted octanol–water partition coefficient (Wildman–Crippen LogP) is 8.14. The van der Waals surface area contributed by atoms with Crippen LogP contribution in [0.2, 0.25) is 0 Å². The number of unbranched alkanes of at least 4 members (excludes halogenated alkanes) is 8. The molecule has 0 aliphatic carbocycles. The Balaban J connectivity index is 1.89. The lowest BCUT2D eigenvalue weighted by Crippen LogP contribution is -2.10. The van der Waals surface area contributed by atoms with Gasteiger partial charge in [0.15, 0.2) is 0 Å². The van der Waals surface area contributed by atoms with E-state index in [4.69, 9.17) is 3.07 Å². The first-order chi connectivity index (χ1) is 12.5. The third-order valence-electron chi connectivity index (χ3n) is 4.88. The third kappa shape index (κ3) is 12.6. The smallest absolute Gasteiger partial charge is 0.109 e. The van der Waals surface area contributed by atoms with Crippen molar-refractivity contribution < 1.29 is 3.07 Å². The fourth-order valence-corrected chi connectivity index (χ4v) is 4.47. The third-order valence-corrected chi connectivity index (χ3v) is 6.35. The lowest BCUT2D eigenvalue weighted by atomic mass is 9.86. The second kappa shape index (κ2) is 15.2. The minimum absolute atomic E-state index is 0.265. The molecule has 1 aromatic rings. The summed E-state index contributed by atoms with van der Waals surface area (Å²) in [6.07, 6.45) is 13.9. The van der Waals surface area contributed by atoms with Crippen molar-refractivity contribution in [1.82, 2.24) is 0 Å². The number of rotatable bonds is 15. The predicted molar refractivity (Wildman–Crippen MR) is 128 cm³/mol. The van der Waals surface area contributed by atoms with E-state index in [1.54, 1.807) is 0 Å². The molecule has 0 bridgehead atoms. The molecule has 0 N–H and O–H groups in total. The van der Waals surface area contributed by atoms with Gasteiger partial charge in [0.05, 0.1) is 6.61 Å². The van der Waals surface area contributed by atoms with Crippen LogP contribution in [0.25, 0.3) is 0 Å². The standard InChI is InChI=1S/C23H39IOS/c1-23(2,3)22-16-14-21(15-17-22)13-11-9-7-5-4-6-8-10-12-19-26-20-18-25-24/h14-17H,4-13,18-20H2,1-3H3. The van der Waals surface area contributed by atoms with Crippen LogP contribution in [0, 0.1) is 0 Å². The highest BCUT2D eigenvalue weighted by Gasteiger charge is 2.12. The SMILES string of the molecule is CC(C)(C)c1ccc(CCCCCCCCCCCSCCOI)cc1. The van der Waals surface area contributed by atoms with Crippen LogP contribution in [0.15, 0.2) is 24.3 Å². The van der Waals surface area contributed by atoms with Gasteiger partial charge in [-0.1, -0.05) is 90.0 Å². The molecule has 3 heteroatoms. The molecule has 1 aromatic carbocycles. The maximum atomic E-state index is 5.03. The van der Waals surface area contributed by atoms with Crippen molar-refractivity contribution in [3.63, 3.8) is 0 Å². The van der Waals surface area contributed by atoms with Crippen LogP contribution in [0.1, 0.15) is 89.7 Å². The summed E-state index contributed by atoms with van der Waals surface area (Å²) in [7, 11) is 0. The zero-order chi connectivity index (χ0) is 19.1. The van der Waals surface area contributed by atoms with Crippen molar-refractivity contribution in [2.45, 2.75) is 90.4 Å². The van der Waals surface area contributed by atoms with Crippen LogP contribution in [-0.4, -0.2) is 18.1 Å². The number of hydrogen-bond donors (Lipinski definition) is 0. The lowest BCUT2D eigenvalue weighted by molar-refractivity contribution is 0.463.